The average molecular weight is 380 g/mol. The van der Waals surface area contributed by atoms with Crippen molar-refractivity contribution in [3.8, 4) is 5.75 Å². The normalized spacial score (nSPS) is 15.2. The Balaban J connectivity index is 1.39. The van der Waals surface area contributed by atoms with Gasteiger partial charge in [0.05, 0.1) is 5.39 Å². The summed E-state index contributed by atoms with van der Waals surface area (Å²) in [6.07, 6.45) is 0.765. The number of aromatic amines is 1. The number of nitrogens with one attached hydrogen (secondary N) is 1. The minimum Gasteiger partial charge on any atom is -0.506 e. The topological polar surface area (TPSA) is 81.6 Å². The Morgan fingerprint density at radius 2 is 1.64 bits per heavy atom. The predicted octanol–water partition coefficient (Wildman–Crippen LogP) is 1.61. The molecule has 1 aromatic heterocycles. The Hall–Kier alpha value is -3.06. The van der Waals surface area contributed by atoms with E-state index in [-0.39, 0.29) is 5.75 Å². The van der Waals surface area contributed by atoms with Crippen LogP contribution in [-0.2, 0) is 6.54 Å². The summed E-state index contributed by atoms with van der Waals surface area (Å²) in [5.41, 5.74) is 0.617. The van der Waals surface area contributed by atoms with Gasteiger partial charge in [-0.15, -0.1) is 0 Å². The average Bonchev–Trinajstić information content (AvgIpc) is 2.72. The Kier molecular flexibility index (Phi) is 5.16. The summed E-state index contributed by atoms with van der Waals surface area (Å²) >= 11 is 0. The number of H-pyrrole nitrogens is 1. The maximum Gasteiger partial charge on any atom is 0.328 e. The number of aryl methyl sites for hydroxylation is 1. The van der Waals surface area contributed by atoms with Crippen LogP contribution in [0, 0.1) is 0 Å². The SMILES string of the molecule is O=c1[nH]c(=O)n(CCCN2CCN(c3ccccc3)CC2)c2c(O)cccc12. The van der Waals surface area contributed by atoms with Crippen LogP contribution in [0.25, 0.3) is 10.9 Å². The molecule has 0 spiro atoms. The molecule has 146 valence electrons. The van der Waals surface area contributed by atoms with Crippen LogP contribution in [0.4, 0.5) is 5.69 Å². The number of rotatable bonds is 5. The van der Waals surface area contributed by atoms with Crippen molar-refractivity contribution in [2.24, 2.45) is 0 Å². The summed E-state index contributed by atoms with van der Waals surface area (Å²) in [5.74, 6) is -0.0443. The number of phenols is 1. The molecule has 7 nitrogen and oxygen atoms in total. The lowest BCUT2D eigenvalue weighted by molar-refractivity contribution is 0.250. The Morgan fingerprint density at radius 3 is 2.39 bits per heavy atom. The quantitative estimate of drug-likeness (QED) is 0.703. The Morgan fingerprint density at radius 1 is 0.893 bits per heavy atom. The minimum atomic E-state index is -0.479. The van der Waals surface area contributed by atoms with Gasteiger partial charge < -0.3 is 10.0 Å². The van der Waals surface area contributed by atoms with Crippen molar-refractivity contribution in [3.63, 3.8) is 0 Å². The van der Waals surface area contributed by atoms with Gasteiger partial charge in [0, 0.05) is 38.4 Å². The molecule has 1 aliphatic heterocycles. The molecule has 3 aromatic rings. The zero-order valence-electron chi connectivity index (χ0n) is 15.7. The highest BCUT2D eigenvalue weighted by molar-refractivity contribution is 5.83. The van der Waals surface area contributed by atoms with Crippen molar-refractivity contribution in [2.45, 2.75) is 13.0 Å². The molecule has 0 unspecified atom stereocenters. The summed E-state index contributed by atoms with van der Waals surface area (Å²) in [6, 6.07) is 15.1. The second-order valence-corrected chi connectivity index (χ2v) is 7.10. The van der Waals surface area contributed by atoms with E-state index in [1.54, 1.807) is 12.1 Å². The maximum atomic E-state index is 12.3. The van der Waals surface area contributed by atoms with Crippen LogP contribution in [0.1, 0.15) is 6.42 Å². The molecular weight excluding hydrogens is 356 g/mol. The number of para-hydroxylation sites is 2. The van der Waals surface area contributed by atoms with Gasteiger partial charge in [0.2, 0.25) is 0 Å². The van der Waals surface area contributed by atoms with Crippen LogP contribution >= 0.6 is 0 Å². The number of hydrogen-bond acceptors (Lipinski definition) is 5. The molecule has 2 heterocycles. The molecule has 1 fully saturated rings. The van der Waals surface area contributed by atoms with Gasteiger partial charge in [-0.2, -0.15) is 0 Å². The van der Waals surface area contributed by atoms with E-state index in [2.05, 4.69) is 39.0 Å². The summed E-state index contributed by atoms with van der Waals surface area (Å²) in [5, 5.41) is 10.5. The molecule has 2 N–H and O–H groups in total. The maximum absolute atomic E-state index is 12.3. The zero-order valence-corrected chi connectivity index (χ0v) is 15.7. The highest BCUT2D eigenvalue weighted by Crippen LogP contribution is 2.20. The first-order valence-electron chi connectivity index (χ1n) is 9.60. The van der Waals surface area contributed by atoms with Gasteiger partial charge in [-0.25, -0.2) is 4.79 Å². The van der Waals surface area contributed by atoms with Gasteiger partial charge in [-0.3, -0.25) is 19.2 Å². The third-order valence-corrected chi connectivity index (χ3v) is 5.34. The van der Waals surface area contributed by atoms with Crippen LogP contribution in [0.15, 0.2) is 58.1 Å². The lowest BCUT2D eigenvalue weighted by Crippen LogP contribution is -2.46. The van der Waals surface area contributed by atoms with E-state index in [0.29, 0.717) is 17.4 Å². The number of hydrogen-bond donors (Lipinski definition) is 2. The first kappa shape index (κ1) is 18.3. The number of aromatic nitrogens is 2. The second kappa shape index (κ2) is 7.90. The monoisotopic (exact) mass is 380 g/mol. The first-order chi connectivity index (χ1) is 13.6. The molecular formula is C21H24N4O3. The van der Waals surface area contributed by atoms with Crippen molar-refractivity contribution >= 4 is 16.6 Å². The van der Waals surface area contributed by atoms with E-state index in [0.717, 1.165) is 39.1 Å². The number of piperazine rings is 1. The molecule has 0 atom stereocenters. The van der Waals surface area contributed by atoms with Crippen molar-refractivity contribution < 1.29 is 5.11 Å². The van der Waals surface area contributed by atoms with Crippen molar-refractivity contribution in [2.75, 3.05) is 37.6 Å². The standard InChI is InChI=1S/C21H24N4O3/c26-18-9-4-8-17-19(18)25(21(28)22-20(17)27)11-5-10-23-12-14-24(15-13-23)16-6-2-1-3-7-16/h1-4,6-9,26H,5,10-15H2,(H,22,27,28). The van der Waals surface area contributed by atoms with Crippen molar-refractivity contribution in [3.05, 3.63) is 69.4 Å². The number of fused-ring (bicyclic) bond motifs is 1. The molecule has 7 heteroatoms. The molecule has 1 aliphatic rings. The van der Waals surface area contributed by atoms with Gasteiger partial charge in [-0.1, -0.05) is 24.3 Å². The van der Waals surface area contributed by atoms with Crippen molar-refractivity contribution in [1.82, 2.24) is 14.5 Å². The number of phenolic OH excluding ortho intramolecular Hbond substituents is 1. The highest BCUT2D eigenvalue weighted by Gasteiger charge is 2.17. The molecule has 0 saturated carbocycles. The van der Waals surface area contributed by atoms with Crippen LogP contribution in [0.5, 0.6) is 5.75 Å². The van der Waals surface area contributed by atoms with E-state index >= 15 is 0 Å². The summed E-state index contributed by atoms with van der Waals surface area (Å²) in [7, 11) is 0. The summed E-state index contributed by atoms with van der Waals surface area (Å²) < 4.78 is 1.46. The molecule has 28 heavy (non-hydrogen) atoms. The van der Waals surface area contributed by atoms with Crippen LogP contribution in [-0.4, -0.2) is 52.3 Å². The fraction of sp³-hybridized carbons (Fsp3) is 0.333. The van der Waals surface area contributed by atoms with Crippen LogP contribution < -0.4 is 16.1 Å². The van der Waals surface area contributed by atoms with Crippen LogP contribution in [0.2, 0.25) is 0 Å². The van der Waals surface area contributed by atoms with Gasteiger partial charge in [0.25, 0.3) is 5.56 Å². The Bertz CT molecular complexity index is 1070. The number of aromatic hydroxyl groups is 1. The number of benzene rings is 2. The molecule has 2 aromatic carbocycles. The number of nitrogens with zero attached hydrogens (tertiary/aromatic N) is 3. The lowest BCUT2D eigenvalue weighted by atomic mass is 10.2. The number of anilines is 1. The van der Waals surface area contributed by atoms with E-state index in [9.17, 15) is 14.7 Å². The lowest BCUT2D eigenvalue weighted by Gasteiger charge is -2.36. The van der Waals surface area contributed by atoms with Gasteiger partial charge in [0.1, 0.15) is 11.3 Å². The highest BCUT2D eigenvalue weighted by atomic mass is 16.3. The van der Waals surface area contributed by atoms with Gasteiger partial charge >= 0.3 is 5.69 Å². The first-order valence-corrected chi connectivity index (χ1v) is 9.60. The molecule has 1 saturated heterocycles. The molecule has 4 rings (SSSR count). The van der Waals surface area contributed by atoms with E-state index in [1.807, 2.05) is 6.07 Å². The fourth-order valence-electron chi connectivity index (χ4n) is 3.87. The van der Waals surface area contributed by atoms with E-state index < -0.39 is 11.2 Å². The summed E-state index contributed by atoms with van der Waals surface area (Å²) in [4.78, 5) is 31.4. The van der Waals surface area contributed by atoms with E-state index in [1.165, 1.54) is 16.3 Å². The molecule has 0 aliphatic carbocycles. The molecule has 0 amide bonds. The van der Waals surface area contributed by atoms with Crippen molar-refractivity contribution in [1.29, 1.82) is 0 Å². The third-order valence-electron chi connectivity index (χ3n) is 5.34. The fourth-order valence-corrected chi connectivity index (χ4v) is 3.87. The summed E-state index contributed by atoms with van der Waals surface area (Å²) in [6.45, 7) is 5.22. The second-order valence-electron chi connectivity index (χ2n) is 7.10. The smallest absolute Gasteiger partial charge is 0.328 e. The van der Waals surface area contributed by atoms with Gasteiger partial charge in [0.15, 0.2) is 0 Å². The largest absolute Gasteiger partial charge is 0.506 e. The van der Waals surface area contributed by atoms with E-state index in [4.69, 9.17) is 0 Å². The molecule has 0 bridgehead atoms. The molecule has 0 radical (unpaired) electrons. The zero-order chi connectivity index (χ0) is 19.5. The minimum absolute atomic E-state index is 0.0443. The Labute approximate surface area is 162 Å². The third kappa shape index (κ3) is 3.66. The predicted molar refractivity (Wildman–Crippen MR) is 110 cm³/mol. The van der Waals surface area contributed by atoms with Crippen LogP contribution in [0.3, 0.4) is 0 Å². The van der Waals surface area contributed by atoms with Gasteiger partial charge in [-0.05, 0) is 37.2 Å².